The Labute approximate surface area is 167 Å². The van der Waals surface area contributed by atoms with Gasteiger partial charge in [0.25, 0.3) is 0 Å². The summed E-state index contributed by atoms with van der Waals surface area (Å²) in [5.41, 5.74) is 1.08. The topological polar surface area (TPSA) is 76.0 Å². The van der Waals surface area contributed by atoms with E-state index >= 15 is 0 Å². The van der Waals surface area contributed by atoms with Gasteiger partial charge in [-0.25, -0.2) is 4.98 Å². The Morgan fingerprint density at radius 3 is 2.61 bits per heavy atom. The quantitative estimate of drug-likeness (QED) is 0.459. The number of rotatable bonds is 6. The molecule has 3 rings (SSSR count). The maximum absolute atomic E-state index is 11.9. The van der Waals surface area contributed by atoms with Gasteiger partial charge in [0.15, 0.2) is 5.96 Å². The van der Waals surface area contributed by atoms with Gasteiger partial charge in [-0.1, -0.05) is 6.07 Å². The molecule has 2 fully saturated rings. The van der Waals surface area contributed by atoms with Gasteiger partial charge in [-0.3, -0.25) is 9.79 Å². The number of guanidine groups is 1. The molecule has 1 aromatic heterocycles. The third-order valence-electron chi connectivity index (χ3n) is 5.46. The second kappa shape index (κ2) is 10.3. The highest BCUT2D eigenvalue weighted by Gasteiger charge is 2.27. The number of aromatic nitrogens is 1. The van der Waals surface area contributed by atoms with Crippen LogP contribution in [0, 0.1) is 5.92 Å². The summed E-state index contributed by atoms with van der Waals surface area (Å²) in [6.45, 7) is 4.55. The lowest BCUT2D eigenvalue weighted by Crippen LogP contribution is -2.46. The van der Waals surface area contributed by atoms with Crippen molar-refractivity contribution in [1.82, 2.24) is 15.2 Å². The lowest BCUT2D eigenvalue weighted by molar-refractivity contribution is -0.149. The van der Waals surface area contributed by atoms with Crippen LogP contribution in [0.4, 0.5) is 0 Å². The van der Waals surface area contributed by atoms with Gasteiger partial charge >= 0.3 is 5.97 Å². The van der Waals surface area contributed by atoms with Crippen molar-refractivity contribution in [2.24, 2.45) is 10.9 Å². The van der Waals surface area contributed by atoms with Crippen LogP contribution in [0.5, 0.6) is 5.88 Å². The average Bonchev–Trinajstić information content (AvgIpc) is 3.23. The van der Waals surface area contributed by atoms with Crippen molar-refractivity contribution in [3.63, 3.8) is 0 Å². The zero-order valence-corrected chi connectivity index (χ0v) is 17.0. The summed E-state index contributed by atoms with van der Waals surface area (Å²) >= 11 is 0. The Morgan fingerprint density at radius 1 is 1.25 bits per heavy atom. The standard InChI is InChI=1S/C21H32N4O3/c1-3-27-20(26)17-10-12-25(13-11-17)21(22-2)24-15-16-8-9-19(23-14-16)28-18-6-4-5-7-18/h8-9,14,17-18H,3-7,10-13,15H2,1-2H3,(H,22,24). The van der Waals surface area contributed by atoms with Crippen LogP contribution in [-0.4, -0.2) is 54.7 Å². The highest BCUT2D eigenvalue weighted by atomic mass is 16.5. The zero-order valence-electron chi connectivity index (χ0n) is 17.0. The number of carbonyl (C=O) groups is 1. The van der Waals surface area contributed by atoms with Gasteiger partial charge in [-0.15, -0.1) is 0 Å². The molecule has 7 heteroatoms. The molecule has 1 N–H and O–H groups in total. The average molecular weight is 389 g/mol. The minimum atomic E-state index is -0.0731. The molecule has 1 aromatic rings. The van der Waals surface area contributed by atoms with Crippen molar-refractivity contribution in [3.8, 4) is 5.88 Å². The predicted molar refractivity (Wildman–Crippen MR) is 108 cm³/mol. The summed E-state index contributed by atoms with van der Waals surface area (Å²) < 4.78 is 11.1. The molecule has 1 aliphatic heterocycles. The maximum atomic E-state index is 11.9. The predicted octanol–water partition coefficient (Wildman–Crippen LogP) is 2.75. The molecule has 2 heterocycles. The van der Waals surface area contributed by atoms with Gasteiger partial charge in [0, 0.05) is 38.9 Å². The number of likely N-dealkylation sites (tertiary alicyclic amines) is 1. The Kier molecular flexibility index (Phi) is 7.51. The number of nitrogens with one attached hydrogen (secondary N) is 1. The van der Waals surface area contributed by atoms with E-state index in [0.717, 1.165) is 50.3 Å². The number of pyridine rings is 1. The maximum Gasteiger partial charge on any atom is 0.309 e. The van der Waals surface area contributed by atoms with E-state index in [4.69, 9.17) is 9.47 Å². The van der Waals surface area contributed by atoms with Crippen LogP contribution in [-0.2, 0) is 16.1 Å². The molecule has 2 aliphatic rings. The van der Waals surface area contributed by atoms with Crippen LogP contribution in [0.15, 0.2) is 23.3 Å². The number of piperidine rings is 1. The second-order valence-electron chi connectivity index (χ2n) is 7.44. The van der Waals surface area contributed by atoms with Gasteiger partial charge in [0.05, 0.1) is 12.5 Å². The summed E-state index contributed by atoms with van der Waals surface area (Å²) in [4.78, 5) is 22.9. The van der Waals surface area contributed by atoms with Crippen LogP contribution in [0.2, 0.25) is 0 Å². The smallest absolute Gasteiger partial charge is 0.309 e. The monoisotopic (exact) mass is 388 g/mol. The molecule has 0 aromatic carbocycles. The minimum Gasteiger partial charge on any atom is -0.474 e. The molecule has 0 unspecified atom stereocenters. The minimum absolute atomic E-state index is 0.00548. The number of hydrogen-bond donors (Lipinski definition) is 1. The molecular formula is C21H32N4O3. The largest absolute Gasteiger partial charge is 0.474 e. The first kappa shape index (κ1) is 20.4. The first-order valence-electron chi connectivity index (χ1n) is 10.4. The normalized spacial score (nSPS) is 18.9. The van der Waals surface area contributed by atoms with Gasteiger partial charge in [-0.2, -0.15) is 0 Å². The molecule has 7 nitrogen and oxygen atoms in total. The van der Waals surface area contributed by atoms with E-state index in [1.807, 2.05) is 25.3 Å². The summed E-state index contributed by atoms with van der Waals surface area (Å²) in [6, 6.07) is 3.99. The van der Waals surface area contributed by atoms with E-state index in [2.05, 4.69) is 20.2 Å². The fourth-order valence-electron chi connectivity index (χ4n) is 3.86. The second-order valence-corrected chi connectivity index (χ2v) is 7.44. The zero-order chi connectivity index (χ0) is 19.8. The number of nitrogens with zero attached hydrogens (tertiary/aromatic N) is 3. The van der Waals surface area contributed by atoms with E-state index in [9.17, 15) is 4.79 Å². The molecular weight excluding hydrogens is 356 g/mol. The highest BCUT2D eigenvalue weighted by molar-refractivity contribution is 5.80. The molecule has 1 saturated heterocycles. The van der Waals surface area contributed by atoms with Crippen LogP contribution < -0.4 is 10.1 Å². The van der Waals surface area contributed by atoms with Crippen LogP contribution in [0.1, 0.15) is 51.0 Å². The molecule has 0 radical (unpaired) electrons. The summed E-state index contributed by atoms with van der Waals surface area (Å²) in [6.07, 6.45) is 8.56. The molecule has 0 bridgehead atoms. The molecule has 28 heavy (non-hydrogen) atoms. The molecule has 0 spiro atoms. The van der Waals surface area contributed by atoms with Crippen LogP contribution >= 0.6 is 0 Å². The number of hydrogen-bond acceptors (Lipinski definition) is 5. The van der Waals surface area contributed by atoms with Gasteiger partial charge < -0.3 is 19.7 Å². The molecule has 0 atom stereocenters. The first-order chi connectivity index (χ1) is 13.7. The van der Waals surface area contributed by atoms with Crippen molar-refractivity contribution in [3.05, 3.63) is 23.9 Å². The lowest BCUT2D eigenvalue weighted by atomic mass is 9.97. The summed E-state index contributed by atoms with van der Waals surface area (Å²) in [5.74, 6) is 1.50. The van der Waals surface area contributed by atoms with Gasteiger partial charge in [0.2, 0.25) is 5.88 Å². The number of aliphatic imine (C=N–C) groups is 1. The van der Waals surface area contributed by atoms with E-state index in [0.29, 0.717) is 25.1 Å². The van der Waals surface area contributed by atoms with Crippen LogP contribution in [0.3, 0.4) is 0 Å². The van der Waals surface area contributed by atoms with Crippen molar-refractivity contribution in [2.45, 2.75) is 58.1 Å². The molecule has 0 amide bonds. The number of ether oxygens (including phenoxy) is 2. The number of carbonyl (C=O) groups excluding carboxylic acids is 1. The van der Waals surface area contributed by atoms with E-state index in [1.165, 1.54) is 12.8 Å². The van der Waals surface area contributed by atoms with Gasteiger partial charge in [-0.05, 0) is 51.0 Å². The fraction of sp³-hybridized carbons (Fsp3) is 0.667. The van der Waals surface area contributed by atoms with Crippen molar-refractivity contribution in [2.75, 3.05) is 26.7 Å². The molecule has 1 aliphatic carbocycles. The van der Waals surface area contributed by atoms with E-state index in [-0.39, 0.29) is 11.9 Å². The van der Waals surface area contributed by atoms with Crippen molar-refractivity contribution in [1.29, 1.82) is 0 Å². The molecule has 1 saturated carbocycles. The SMILES string of the molecule is CCOC(=O)C1CCN(C(=NC)NCc2ccc(OC3CCCC3)nc2)CC1. The summed E-state index contributed by atoms with van der Waals surface area (Å²) in [7, 11) is 1.79. The third kappa shape index (κ3) is 5.59. The Bertz CT molecular complexity index is 648. The highest BCUT2D eigenvalue weighted by Crippen LogP contribution is 2.23. The Morgan fingerprint density at radius 2 is 2.00 bits per heavy atom. The Hall–Kier alpha value is -2.31. The summed E-state index contributed by atoms with van der Waals surface area (Å²) in [5, 5.41) is 3.40. The first-order valence-corrected chi connectivity index (χ1v) is 10.4. The van der Waals surface area contributed by atoms with Crippen LogP contribution in [0.25, 0.3) is 0 Å². The number of esters is 1. The molecule has 154 valence electrons. The Balaban J connectivity index is 1.44. The van der Waals surface area contributed by atoms with Gasteiger partial charge in [0.1, 0.15) is 6.10 Å². The van der Waals surface area contributed by atoms with E-state index in [1.54, 1.807) is 7.05 Å². The van der Waals surface area contributed by atoms with Crippen molar-refractivity contribution >= 4 is 11.9 Å². The fourth-order valence-corrected chi connectivity index (χ4v) is 3.86. The van der Waals surface area contributed by atoms with E-state index < -0.39 is 0 Å². The third-order valence-corrected chi connectivity index (χ3v) is 5.46. The van der Waals surface area contributed by atoms with Crippen molar-refractivity contribution < 1.29 is 14.3 Å². The lowest BCUT2D eigenvalue weighted by Gasteiger charge is -2.33.